The molecule has 3 nitrogen and oxygen atoms in total. The third kappa shape index (κ3) is 3.56. The van der Waals surface area contributed by atoms with Crippen LogP contribution >= 0.6 is 0 Å². The van der Waals surface area contributed by atoms with E-state index in [0.29, 0.717) is 0 Å². The summed E-state index contributed by atoms with van der Waals surface area (Å²) < 4.78 is 68.0. The third-order valence-electron chi connectivity index (χ3n) is 1.36. The fourth-order valence-electron chi connectivity index (χ4n) is 0.786. The predicted molar refractivity (Wildman–Crippen MR) is 56.2 cm³/mol. The summed E-state index contributed by atoms with van der Waals surface area (Å²) in [5.41, 5.74) is -1.06. The third-order valence-corrected chi connectivity index (χ3v) is 1.36. The number of carbonyl (C=O) groups is 1. The van der Waals surface area contributed by atoms with Crippen molar-refractivity contribution in [3.63, 3.8) is 0 Å². The van der Waals surface area contributed by atoms with Crippen LogP contribution in [0, 0.1) is 5.92 Å². The number of rotatable bonds is 0. The van der Waals surface area contributed by atoms with Crippen LogP contribution in [0.5, 0.6) is 0 Å². The van der Waals surface area contributed by atoms with Crippen LogP contribution in [0.4, 0.5) is 4.79 Å². The van der Waals surface area contributed by atoms with Gasteiger partial charge in [-0.1, -0.05) is 6.92 Å². The number of piperidine rings is 1. The van der Waals surface area contributed by atoms with Crippen molar-refractivity contribution in [3.8, 4) is 0 Å². The number of ether oxygens (including phenoxy) is 1. The molecule has 3 heteroatoms. The van der Waals surface area contributed by atoms with Crippen molar-refractivity contribution in [2.45, 2.75) is 46.0 Å². The first-order chi connectivity index (χ1) is 9.40. The Hall–Kier alpha value is -0.730. The van der Waals surface area contributed by atoms with Gasteiger partial charge in [0, 0.05) is 24.0 Å². The van der Waals surface area contributed by atoms with Gasteiger partial charge in [-0.2, -0.15) is 0 Å². The molecule has 1 aliphatic rings. The summed E-state index contributed by atoms with van der Waals surface area (Å²) in [5, 5.41) is 0. The lowest BCUT2D eigenvalue weighted by Crippen LogP contribution is -2.41. The summed E-state index contributed by atoms with van der Waals surface area (Å²) in [4.78, 5) is 12.1. The number of nitrogens with zero attached hydrogens (tertiary/aromatic N) is 1. The van der Waals surface area contributed by atoms with Crippen LogP contribution in [0.1, 0.15) is 51.4 Å². The highest BCUT2D eigenvalue weighted by Crippen LogP contribution is 2.18. The standard InChI is InChI=1S/C11H21NO2/c1-9-5-7-12(8-6-9)10(13)14-11(2,3)4/h9H,5-8H2,1-4H3/i5D2,6D2,7D2,8D2. The van der Waals surface area contributed by atoms with E-state index in [2.05, 4.69) is 0 Å². The van der Waals surface area contributed by atoms with E-state index in [1.54, 1.807) is 0 Å². The Morgan fingerprint density at radius 3 is 2.36 bits per heavy atom. The van der Waals surface area contributed by atoms with Crippen molar-refractivity contribution in [2.24, 2.45) is 5.92 Å². The molecule has 14 heavy (non-hydrogen) atoms. The Bertz CT molecular complexity index is 443. The van der Waals surface area contributed by atoms with Gasteiger partial charge >= 0.3 is 6.09 Å². The lowest BCUT2D eigenvalue weighted by Gasteiger charge is -2.32. The fraction of sp³-hybridized carbons (Fsp3) is 0.909. The molecule has 82 valence electrons. The molecule has 1 heterocycles. The smallest absolute Gasteiger partial charge is 0.410 e. The van der Waals surface area contributed by atoms with Crippen LogP contribution in [0.25, 0.3) is 0 Å². The monoisotopic (exact) mass is 207 g/mol. The summed E-state index contributed by atoms with van der Waals surface area (Å²) in [6.45, 7) is -0.598. The van der Waals surface area contributed by atoms with Crippen LogP contribution in [-0.2, 0) is 4.74 Å². The zero-order chi connectivity index (χ0) is 17.9. The van der Waals surface area contributed by atoms with Crippen LogP contribution in [0.15, 0.2) is 0 Å². The molecule has 1 saturated heterocycles. The lowest BCUT2D eigenvalue weighted by atomic mass is 10.00. The number of likely N-dealkylation sites (tertiary alicyclic amines) is 1. The molecule has 1 amide bonds. The minimum Gasteiger partial charge on any atom is -0.444 e. The molecule has 0 radical (unpaired) electrons. The SMILES string of the molecule is [2H]C1([2H])C(C)C([2H])([2H])C([2H])([2H])N(C(=O)OC(C)(C)C)C1([2H])[2H]. The van der Waals surface area contributed by atoms with Crippen molar-refractivity contribution >= 4 is 6.09 Å². The first-order valence-corrected chi connectivity index (χ1v) is 4.44. The van der Waals surface area contributed by atoms with Crippen molar-refractivity contribution in [2.75, 3.05) is 13.0 Å². The normalized spacial score (nSPS) is 42.4. The van der Waals surface area contributed by atoms with Crippen LogP contribution < -0.4 is 0 Å². The van der Waals surface area contributed by atoms with Crippen molar-refractivity contribution in [3.05, 3.63) is 0 Å². The molecule has 0 aliphatic carbocycles. The first-order valence-electron chi connectivity index (χ1n) is 8.44. The first kappa shape index (κ1) is 4.42. The molecule has 0 saturated carbocycles. The van der Waals surface area contributed by atoms with Gasteiger partial charge in [-0.15, -0.1) is 0 Å². The van der Waals surface area contributed by atoms with E-state index in [-0.39, 0.29) is 4.90 Å². The molecule has 0 aromatic carbocycles. The highest BCUT2D eigenvalue weighted by Gasteiger charge is 2.24. The maximum Gasteiger partial charge on any atom is 0.410 e. The van der Waals surface area contributed by atoms with Gasteiger partial charge in [-0.05, 0) is 39.4 Å². The van der Waals surface area contributed by atoms with E-state index in [0.717, 1.165) is 6.92 Å². The zero-order valence-corrected chi connectivity index (χ0v) is 8.84. The summed E-state index contributed by atoms with van der Waals surface area (Å²) in [5.74, 6) is -1.62. The second-order valence-corrected chi connectivity index (χ2v) is 4.05. The maximum absolute atomic E-state index is 12.2. The predicted octanol–water partition coefficient (Wildman–Crippen LogP) is 2.65. The van der Waals surface area contributed by atoms with E-state index < -0.39 is 43.4 Å². The van der Waals surface area contributed by atoms with E-state index in [9.17, 15) is 4.79 Å². The molecule has 0 N–H and O–H groups in total. The Morgan fingerprint density at radius 2 is 1.93 bits per heavy atom. The topological polar surface area (TPSA) is 29.5 Å². The van der Waals surface area contributed by atoms with Crippen molar-refractivity contribution in [1.82, 2.24) is 4.90 Å². The number of hydrogen-bond donors (Lipinski definition) is 0. The summed E-state index contributed by atoms with van der Waals surface area (Å²) >= 11 is 0. The Labute approximate surface area is 97.7 Å². The van der Waals surface area contributed by atoms with Crippen molar-refractivity contribution < 1.29 is 20.5 Å². The second kappa shape index (κ2) is 4.20. The highest BCUT2D eigenvalue weighted by atomic mass is 16.6. The van der Waals surface area contributed by atoms with Crippen molar-refractivity contribution in [1.29, 1.82) is 0 Å². The summed E-state index contributed by atoms with van der Waals surface area (Å²) in [6.07, 6.45) is -7.06. The molecular weight excluding hydrogens is 178 g/mol. The molecule has 1 rings (SSSR count). The van der Waals surface area contributed by atoms with Crippen LogP contribution in [0.2, 0.25) is 0 Å². The van der Waals surface area contributed by atoms with Gasteiger partial charge in [-0.3, -0.25) is 0 Å². The molecule has 0 unspecified atom stereocenters. The number of carbonyl (C=O) groups excluding carboxylic acids is 1. The quantitative estimate of drug-likeness (QED) is 0.611. The Balaban J connectivity index is 3.48. The van der Waals surface area contributed by atoms with Crippen LogP contribution in [0.3, 0.4) is 0 Å². The molecule has 0 atom stereocenters. The molecule has 1 fully saturated rings. The summed E-state index contributed by atoms with van der Waals surface area (Å²) in [7, 11) is 0. The van der Waals surface area contributed by atoms with E-state index in [1.807, 2.05) is 0 Å². The molecule has 0 spiro atoms. The van der Waals surface area contributed by atoms with Crippen LogP contribution in [-0.4, -0.2) is 29.6 Å². The van der Waals surface area contributed by atoms with Gasteiger partial charge in [0.2, 0.25) is 0 Å². The van der Waals surface area contributed by atoms with Gasteiger partial charge in [0.25, 0.3) is 0 Å². The minimum absolute atomic E-state index is 0.0920. The van der Waals surface area contributed by atoms with Gasteiger partial charge in [0.05, 0.1) is 0 Å². The largest absolute Gasteiger partial charge is 0.444 e. The molecule has 0 aromatic heterocycles. The average Bonchev–Trinajstić information content (AvgIpc) is 2.22. The minimum atomic E-state index is -3.08. The number of amides is 1. The Kier molecular flexibility index (Phi) is 1.32. The summed E-state index contributed by atoms with van der Waals surface area (Å²) in [6, 6.07) is 0. The average molecular weight is 207 g/mol. The fourth-order valence-corrected chi connectivity index (χ4v) is 0.786. The van der Waals surface area contributed by atoms with Gasteiger partial charge in [0.1, 0.15) is 5.60 Å². The van der Waals surface area contributed by atoms with E-state index in [4.69, 9.17) is 15.7 Å². The van der Waals surface area contributed by atoms with Gasteiger partial charge < -0.3 is 9.64 Å². The molecular formula is C11H21NO2. The molecule has 0 aromatic rings. The highest BCUT2D eigenvalue weighted by molar-refractivity contribution is 5.68. The maximum atomic E-state index is 12.2. The van der Waals surface area contributed by atoms with E-state index >= 15 is 0 Å². The zero-order valence-electron chi connectivity index (χ0n) is 16.8. The van der Waals surface area contributed by atoms with E-state index in [1.165, 1.54) is 20.8 Å². The molecule has 0 bridgehead atoms. The Morgan fingerprint density at radius 1 is 1.43 bits per heavy atom. The lowest BCUT2D eigenvalue weighted by molar-refractivity contribution is 0.0190. The molecule has 1 aliphatic heterocycles. The van der Waals surface area contributed by atoms with Gasteiger partial charge in [-0.25, -0.2) is 4.79 Å². The number of hydrogen-bond acceptors (Lipinski definition) is 2. The second-order valence-electron chi connectivity index (χ2n) is 4.05. The van der Waals surface area contributed by atoms with Gasteiger partial charge in [0.15, 0.2) is 0 Å².